The summed E-state index contributed by atoms with van der Waals surface area (Å²) < 4.78 is 1.98. The van der Waals surface area contributed by atoms with Gasteiger partial charge in [0.25, 0.3) is 0 Å². The molecule has 0 saturated carbocycles. The van der Waals surface area contributed by atoms with Crippen molar-refractivity contribution in [1.82, 2.24) is 14.8 Å². The second-order valence-corrected chi connectivity index (χ2v) is 6.61. The van der Waals surface area contributed by atoms with E-state index in [0.29, 0.717) is 5.02 Å². The van der Waals surface area contributed by atoms with Crippen molar-refractivity contribution < 1.29 is 0 Å². The van der Waals surface area contributed by atoms with Crippen molar-refractivity contribution in [3.8, 4) is 11.4 Å². The lowest BCUT2D eigenvalue weighted by atomic mass is 10.2. The van der Waals surface area contributed by atoms with Crippen LogP contribution in [-0.4, -0.2) is 14.8 Å². The lowest BCUT2D eigenvalue weighted by molar-refractivity contribution is 0.794. The standard InChI is InChI=1S/C16H13Cl2N3S/c1-21-15(12-5-7-13(17)8-6-12)19-20-16(21)22-10-11-3-2-4-14(18)9-11/h2-9H,10H2,1H3. The molecule has 0 amide bonds. The van der Waals surface area contributed by atoms with Crippen LogP contribution < -0.4 is 0 Å². The SMILES string of the molecule is Cn1c(SCc2cccc(Cl)c2)nnc1-c1ccc(Cl)cc1. The molecule has 1 heterocycles. The summed E-state index contributed by atoms with van der Waals surface area (Å²) >= 11 is 13.6. The van der Waals surface area contributed by atoms with E-state index >= 15 is 0 Å². The van der Waals surface area contributed by atoms with E-state index in [1.807, 2.05) is 54.1 Å². The van der Waals surface area contributed by atoms with E-state index in [9.17, 15) is 0 Å². The van der Waals surface area contributed by atoms with E-state index < -0.39 is 0 Å². The lowest BCUT2D eigenvalue weighted by Gasteiger charge is -2.04. The highest BCUT2D eigenvalue weighted by atomic mass is 35.5. The quantitative estimate of drug-likeness (QED) is 0.615. The number of rotatable bonds is 4. The van der Waals surface area contributed by atoms with E-state index in [1.54, 1.807) is 11.8 Å². The molecule has 0 fully saturated rings. The fraction of sp³-hybridized carbons (Fsp3) is 0.125. The van der Waals surface area contributed by atoms with Gasteiger partial charge in [-0.1, -0.05) is 47.1 Å². The summed E-state index contributed by atoms with van der Waals surface area (Å²) in [6.07, 6.45) is 0. The van der Waals surface area contributed by atoms with E-state index in [2.05, 4.69) is 16.3 Å². The Hall–Kier alpha value is -1.49. The molecule has 0 aliphatic carbocycles. The van der Waals surface area contributed by atoms with Gasteiger partial charge < -0.3 is 4.57 Å². The molecule has 0 radical (unpaired) electrons. The van der Waals surface area contributed by atoms with E-state index in [-0.39, 0.29) is 0 Å². The Balaban J connectivity index is 1.77. The Morgan fingerprint density at radius 3 is 2.50 bits per heavy atom. The first-order chi connectivity index (χ1) is 10.6. The molecular weight excluding hydrogens is 337 g/mol. The van der Waals surface area contributed by atoms with Gasteiger partial charge in [-0.3, -0.25) is 0 Å². The van der Waals surface area contributed by atoms with Crippen molar-refractivity contribution in [2.24, 2.45) is 7.05 Å². The van der Waals surface area contributed by atoms with Crippen molar-refractivity contribution in [2.45, 2.75) is 10.9 Å². The number of halogens is 2. The fourth-order valence-electron chi connectivity index (χ4n) is 2.07. The van der Waals surface area contributed by atoms with Crippen LogP contribution in [0.15, 0.2) is 53.7 Å². The zero-order valence-electron chi connectivity index (χ0n) is 11.8. The van der Waals surface area contributed by atoms with Gasteiger partial charge in [-0.15, -0.1) is 10.2 Å². The minimum atomic E-state index is 0.710. The zero-order chi connectivity index (χ0) is 15.5. The highest BCUT2D eigenvalue weighted by molar-refractivity contribution is 7.98. The predicted octanol–water partition coefficient (Wildman–Crippen LogP) is 5.08. The first-order valence-corrected chi connectivity index (χ1v) is 8.40. The van der Waals surface area contributed by atoms with Crippen LogP contribution in [0.1, 0.15) is 5.56 Å². The Morgan fingerprint density at radius 1 is 1.00 bits per heavy atom. The molecule has 3 rings (SSSR count). The van der Waals surface area contributed by atoms with Crippen LogP contribution in [0.2, 0.25) is 10.0 Å². The predicted molar refractivity (Wildman–Crippen MR) is 92.5 cm³/mol. The Labute approximate surface area is 143 Å². The fourth-order valence-corrected chi connectivity index (χ4v) is 3.26. The largest absolute Gasteiger partial charge is 0.305 e. The molecule has 1 aromatic heterocycles. The molecule has 0 aliphatic heterocycles. The minimum absolute atomic E-state index is 0.710. The number of thioether (sulfide) groups is 1. The molecule has 6 heteroatoms. The minimum Gasteiger partial charge on any atom is -0.305 e. The van der Waals surface area contributed by atoms with E-state index in [1.165, 1.54) is 0 Å². The molecule has 0 unspecified atom stereocenters. The van der Waals surface area contributed by atoms with E-state index in [0.717, 1.165) is 32.9 Å². The van der Waals surface area contributed by atoms with Gasteiger partial charge in [-0.25, -0.2) is 0 Å². The third kappa shape index (κ3) is 3.46. The molecule has 0 bridgehead atoms. The van der Waals surface area contributed by atoms with Gasteiger partial charge in [0.1, 0.15) is 0 Å². The number of nitrogens with zero attached hydrogens (tertiary/aromatic N) is 3. The molecule has 3 nitrogen and oxygen atoms in total. The summed E-state index contributed by atoms with van der Waals surface area (Å²) in [5, 5.41) is 10.9. The van der Waals surface area contributed by atoms with Crippen molar-refractivity contribution in [2.75, 3.05) is 0 Å². The van der Waals surface area contributed by atoms with Crippen molar-refractivity contribution >= 4 is 35.0 Å². The average molecular weight is 350 g/mol. The van der Waals surface area contributed by atoms with Crippen LogP contribution in [0.5, 0.6) is 0 Å². The Bertz CT molecular complexity index is 784. The molecule has 2 aromatic carbocycles. The van der Waals surface area contributed by atoms with Crippen LogP contribution >= 0.6 is 35.0 Å². The third-order valence-electron chi connectivity index (χ3n) is 3.19. The molecular formula is C16H13Cl2N3S. The first-order valence-electron chi connectivity index (χ1n) is 6.66. The highest BCUT2D eigenvalue weighted by Crippen LogP contribution is 2.26. The average Bonchev–Trinajstić information content (AvgIpc) is 2.87. The summed E-state index contributed by atoms with van der Waals surface area (Å²) in [4.78, 5) is 0. The van der Waals surface area contributed by atoms with Crippen LogP contribution in [0.25, 0.3) is 11.4 Å². The summed E-state index contributed by atoms with van der Waals surface area (Å²) in [6, 6.07) is 15.4. The molecule has 0 aliphatic rings. The third-order valence-corrected chi connectivity index (χ3v) is 4.77. The molecule has 22 heavy (non-hydrogen) atoms. The number of hydrogen-bond acceptors (Lipinski definition) is 3. The highest BCUT2D eigenvalue weighted by Gasteiger charge is 2.11. The molecule has 0 N–H and O–H groups in total. The van der Waals surface area contributed by atoms with Crippen molar-refractivity contribution in [3.05, 3.63) is 64.1 Å². The smallest absolute Gasteiger partial charge is 0.191 e. The maximum Gasteiger partial charge on any atom is 0.191 e. The van der Waals surface area contributed by atoms with Crippen molar-refractivity contribution in [1.29, 1.82) is 0 Å². The molecule has 0 saturated heterocycles. The molecule has 3 aromatic rings. The summed E-state index contributed by atoms with van der Waals surface area (Å²) in [5.74, 6) is 1.62. The summed E-state index contributed by atoms with van der Waals surface area (Å²) in [6.45, 7) is 0. The van der Waals surface area contributed by atoms with Crippen LogP contribution in [0, 0.1) is 0 Å². The lowest BCUT2D eigenvalue weighted by Crippen LogP contribution is -1.95. The molecule has 112 valence electrons. The van der Waals surface area contributed by atoms with Gasteiger partial charge >= 0.3 is 0 Å². The van der Waals surface area contributed by atoms with E-state index in [4.69, 9.17) is 23.2 Å². The summed E-state index contributed by atoms with van der Waals surface area (Å²) in [7, 11) is 1.96. The van der Waals surface area contributed by atoms with Gasteiger partial charge in [-0.05, 0) is 42.0 Å². The number of benzene rings is 2. The number of aromatic nitrogens is 3. The molecule has 0 spiro atoms. The maximum absolute atomic E-state index is 6.00. The van der Waals surface area contributed by atoms with Crippen LogP contribution in [0.4, 0.5) is 0 Å². The van der Waals surface area contributed by atoms with Gasteiger partial charge in [0, 0.05) is 28.4 Å². The molecule has 0 atom stereocenters. The van der Waals surface area contributed by atoms with Gasteiger partial charge in [0.15, 0.2) is 11.0 Å². The Kier molecular flexibility index (Phi) is 4.71. The van der Waals surface area contributed by atoms with Crippen LogP contribution in [0.3, 0.4) is 0 Å². The normalized spacial score (nSPS) is 10.9. The van der Waals surface area contributed by atoms with Crippen molar-refractivity contribution in [3.63, 3.8) is 0 Å². The van der Waals surface area contributed by atoms with Gasteiger partial charge in [-0.2, -0.15) is 0 Å². The van der Waals surface area contributed by atoms with Gasteiger partial charge in [0.05, 0.1) is 0 Å². The second kappa shape index (κ2) is 6.73. The first kappa shape index (κ1) is 15.4. The van der Waals surface area contributed by atoms with Gasteiger partial charge in [0.2, 0.25) is 0 Å². The monoisotopic (exact) mass is 349 g/mol. The maximum atomic E-state index is 6.00. The Morgan fingerprint density at radius 2 is 1.77 bits per heavy atom. The van der Waals surface area contributed by atoms with Crippen LogP contribution in [-0.2, 0) is 12.8 Å². The zero-order valence-corrected chi connectivity index (χ0v) is 14.2. The second-order valence-electron chi connectivity index (χ2n) is 4.79. The number of hydrogen-bond donors (Lipinski definition) is 0. The topological polar surface area (TPSA) is 30.7 Å². The summed E-state index contributed by atoms with van der Waals surface area (Å²) in [5.41, 5.74) is 2.16.